The molecule has 28 heavy (non-hydrogen) atoms. The summed E-state index contributed by atoms with van der Waals surface area (Å²) in [6, 6.07) is 17.6. The number of nitrogens with one attached hydrogen (secondary N) is 1. The summed E-state index contributed by atoms with van der Waals surface area (Å²) in [5.74, 6) is 0.963. The van der Waals surface area contributed by atoms with Crippen molar-refractivity contribution in [2.45, 2.75) is 0 Å². The first-order chi connectivity index (χ1) is 13.6. The van der Waals surface area contributed by atoms with Crippen molar-refractivity contribution in [2.75, 3.05) is 5.32 Å². The van der Waals surface area contributed by atoms with Crippen LogP contribution in [0.4, 0.5) is 6.01 Å². The van der Waals surface area contributed by atoms with E-state index in [0.717, 1.165) is 0 Å². The van der Waals surface area contributed by atoms with Gasteiger partial charge in [0.1, 0.15) is 15.8 Å². The highest BCUT2D eigenvalue weighted by Crippen LogP contribution is 2.37. The van der Waals surface area contributed by atoms with Crippen LogP contribution < -0.4 is 10.1 Å². The minimum Gasteiger partial charge on any atom is -0.457 e. The zero-order valence-corrected chi connectivity index (χ0v) is 16.4. The fraction of sp³-hybridized carbons (Fsp3) is 0. The zero-order chi connectivity index (χ0) is 19.5. The van der Waals surface area contributed by atoms with Gasteiger partial charge in [-0.05, 0) is 36.4 Å². The van der Waals surface area contributed by atoms with Crippen molar-refractivity contribution in [3.05, 3.63) is 74.9 Å². The Morgan fingerprint density at radius 3 is 2.54 bits per heavy atom. The Morgan fingerprint density at radius 1 is 1.00 bits per heavy atom. The van der Waals surface area contributed by atoms with Gasteiger partial charge in [0.15, 0.2) is 0 Å². The number of carbonyl (C=O) groups excluding carboxylic acids is 1. The van der Waals surface area contributed by atoms with Crippen LogP contribution >= 0.6 is 34.5 Å². The van der Waals surface area contributed by atoms with Crippen LogP contribution in [0.15, 0.2) is 65.1 Å². The van der Waals surface area contributed by atoms with Gasteiger partial charge in [0.2, 0.25) is 0 Å². The molecule has 1 amide bonds. The molecule has 2 aromatic heterocycles. The molecule has 0 radical (unpaired) electrons. The molecule has 0 aliphatic rings. The van der Waals surface area contributed by atoms with E-state index in [1.807, 2.05) is 30.3 Å². The van der Waals surface area contributed by atoms with Gasteiger partial charge < -0.3 is 9.15 Å². The Morgan fingerprint density at radius 2 is 1.79 bits per heavy atom. The minimum absolute atomic E-state index is 0.0484. The molecule has 6 nitrogen and oxygen atoms in total. The fourth-order valence-electron chi connectivity index (χ4n) is 2.36. The number of benzene rings is 2. The standard InChI is InChI=1S/C19H11Cl2N3O3S/c20-15-10-14(16(21)28-15)18-23-24-19(27-18)22-17(25)11-5-4-8-13(9-11)26-12-6-2-1-3-7-12/h1-10H,(H,22,24,25). The Hall–Kier alpha value is -2.87. The second-order valence-electron chi connectivity index (χ2n) is 5.55. The molecule has 0 unspecified atom stereocenters. The van der Waals surface area contributed by atoms with Gasteiger partial charge in [-0.15, -0.1) is 16.4 Å². The average Bonchev–Trinajstić information content (AvgIpc) is 3.28. The molecule has 0 saturated heterocycles. The number of rotatable bonds is 5. The summed E-state index contributed by atoms with van der Waals surface area (Å²) in [6.07, 6.45) is 0. The van der Waals surface area contributed by atoms with E-state index in [4.69, 9.17) is 32.4 Å². The van der Waals surface area contributed by atoms with Crippen LogP contribution in [0, 0.1) is 0 Å². The molecular weight excluding hydrogens is 421 g/mol. The Labute approximate surface area is 173 Å². The highest BCUT2D eigenvalue weighted by atomic mass is 35.5. The Kier molecular flexibility index (Phi) is 5.29. The summed E-state index contributed by atoms with van der Waals surface area (Å²) in [5, 5.41) is 10.3. The largest absolute Gasteiger partial charge is 0.457 e. The summed E-state index contributed by atoms with van der Waals surface area (Å²) < 4.78 is 12.1. The van der Waals surface area contributed by atoms with Crippen LogP contribution in [0.3, 0.4) is 0 Å². The molecule has 0 spiro atoms. The van der Waals surface area contributed by atoms with E-state index in [2.05, 4.69) is 15.5 Å². The molecule has 0 aliphatic heterocycles. The third kappa shape index (κ3) is 4.17. The summed E-state index contributed by atoms with van der Waals surface area (Å²) in [5.41, 5.74) is 0.896. The number of para-hydroxylation sites is 1. The molecule has 0 saturated carbocycles. The van der Waals surface area contributed by atoms with Gasteiger partial charge in [-0.3, -0.25) is 10.1 Å². The van der Waals surface area contributed by atoms with Crippen molar-refractivity contribution in [2.24, 2.45) is 0 Å². The molecule has 2 heterocycles. The van der Waals surface area contributed by atoms with Crippen LogP contribution in [-0.4, -0.2) is 16.1 Å². The normalized spacial score (nSPS) is 10.6. The first-order valence-corrected chi connectivity index (χ1v) is 9.59. The second-order valence-corrected chi connectivity index (χ2v) is 7.83. The van der Waals surface area contributed by atoms with Crippen molar-refractivity contribution >= 4 is 46.5 Å². The van der Waals surface area contributed by atoms with E-state index < -0.39 is 5.91 Å². The van der Waals surface area contributed by atoms with Crippen molar-refractivity contribution in [1.29, 1.82) is 0 Å². The van der Waals surface area contributed by atoms with Gasteiger partial charge in [0, 0.05) is 5.56 Å². The minimum atomic E-state index is -0.414. The zero-order valence-electron chi connectivity index (χ0n) is 14.1. The number of anilines is 1. The molecule has 9 heteroatoms. The fourth-order valence-corrected chi connectivity index (χ4v) is 3.81. The molecular formula is C19H11Cl2N3O3S. The van der Waals surface area contributed by atoms with E-state index in [1.54, 1.807) is 30.3 Å². The molecule has 0 atom stereocenters. The predicted molar refractivity (Wildman–Crippen MR) is 109 cm³/mol. The molecule has 0 bridgehead atoms. The van der Waals surface area contributed by atoms with Crippen LogP contribution in [0.25, 0.3) is 11.5 Å². The summed E-state index contributed by atoms with van der Waals surface area (Å²) in [7, 11) is 0. The SMILES string of the molecule is O=C(Nc1nnc(-c2cc(Cl)sc2Cl)o1)c1cccc(Oc2ccccc2)c1. The van der Waals surface area contributed by atoms with Gasteiger partial charge in [0.25, 0.3) is 11.8 Å². The number of hydrogen-bond donors (Lipinski definition) is 1. The maximum atomic E-state index is 12.5. The molecule has 140 valence electrons. The molecule has 0 aliphatic carbocycles. The van der Waals surface area contributed by atoms with Gasteiger partial charge in [-0.25, -0.2) is 0 Å². The van der Waals surface area contributed by atoms with E-state index in [-0.39, 0.29) is 11.9 Å². The van der Waals surface area contributed by atoms with Gasteiger partial charge in [0.05, 0.1) is 9.90 Å². The number of nitrogens with zero attached hydrogens (tertiary/aromatic N) is 2. The van der Waals surface area contributed by atoms with Crippen molar-refractivity contribution in [3.8, 4) is 23.0 Å². The average molecular weight is 432 g/mol. The van der Waals surface area contributed by atoms with Crippen molar-refractivity contribution < 1.29 is 13.9 Å². The monoisotopic (exact) mass is 431 g/mol. The highest BCUT2D eigenvalue weighted by Gasteiger charge is 2.17. The lowest BCUT2D eigenvalue weighted by Gasteiger charge is -2.07. The topological polar surface area (TPSA) is 77.3 Å². The van der Waals surface area contributed by atoms with Crippen molar-refractivity contribution in [1.82, 2.24) is 10.2 Å². The quantitative estimate of drug-likeness (QED) is 0.409. The molecule has 2 aromatic carbocycles. The molecule has 0 fully saturated rings. The lowest BCUT2D eigenvalue weighted by Crippen LogP contribution is -2.12. The number of amides is 1. The Bertz CT molecular complexity index is 1130. The lowest BCUT2D eigenvalue weighted by atomic mass is 10.2. The summed E-state index contributed by atoms with van der Waals surface area (Å²) in [6.45, 7) is 0. The highest BCUT2D eigenvalue weighted by molar-refractivity contribution is 7.20. The first-order valence-electron chi connectivity index (χ1n) is 8.01. The van der Waals surface area contributed by atoms with Crippen LogP contribution in [0.5, 0.6) is 11.5 Å². The van der Waals surface area contributed by atoms with Crippen LogP contribution in [0.2, 0.25) is 8.67 Å². The van der Waals surface area contributed by atoms with E-state index >= 15 is 0 Å². The number of hydrogen-bond acceptors (Lipinski definition) is 6. The summed E-state index contributed by atoms with van der Waals surface area (Å²) >= 11 is 13.2. The van der Waals surface area contributed by atoms with Gasteiger partial charge in [-0.1, -0.05) is 52.6 Å². The number of halogens is 2. The third-order valence-corrected chi connectivity index (χ3v) is 5.10. The van der Waals surface area contributed by atoms with Gasteiger partial charge >= 0.3 is 6.01 Å². The van der Waals surface area contributed by atoms with E-state index in [9.17, 15) is 4.79 Å². The third-order valence-electron chi connectivity index (χ3n) is 3.61. The smallest absolute Gasteiger partial charge is 0.322 e. The van der Waals surface area contributed by atoms with Gasteiger partial charge in [-0.2, -0.15) is 0 Å². The maximum absolute atomic E-state index is 12.5. The maximum Gasteiger partial charge on any atom is 0.322 e. The second kappa shape index (κ2) is 8.02. The van der Waals surface area contributed by atoms with Crippen LogP contribution in [-0.2, 0) is 0 Å². The number of aromatic nitrogens is 2. The molecule has 4 aromatic rings. The van der Waals surface area contributed by atoms with E-state index in [0.29, 0.717) is 31.3 Å². The van der Waals surface area contributed by atoms with E-state index in [1.165, 1.54) is 11.3 Å². The number of carbonyl (C=O) groups is 1. The predicted octanol–water partition coefficient (Wildman–Crippen LogP) is 6.15. The van der Waals surface area contributed by atoms with Crippen LogP contribution in [0.1, 0.15) is 10.4 Å². The molecule has 4 rings (SSSR count). The first kappa shape index (κ1) is 18.5. The number of ether oxygens (including phenoxy) is 1. The molecule has 1 N–H and O–H groups in total. The lowest BCUT2D eigenvalue weighted by molar-refractivity contribution is 0.102. The summed E-state index contributed by atoms with van der Waals surface area (Å²) in [4.78, 5) is 12.5. The number of thiophene rings is 1. The van der Waals surface area contributed by atoms with Crippen molar-refractivity contribution in [3.63, 3.8) is 0 Å². The Balaban J connectivity index is 1.48.